The summed E-state index contributed by atoms with van der Waals surface area (Å²) in [5.74, 6) is 0. The number of allylic oxidation sites excluding steroid dienone is 2. The summed E-state index contributed by atoms with van der Waals surface area (Å²) in [5.41, 5.74) is 0. The van der Waals surface area contributed by atoms with Gasteiger partial charge in [-0.3, -0.25) is 0 Å². The van der Waals surface area contributed by atoms with E-state index in [1.165, 1.54) is 25.7 Å². The third-order valence-corrected chi connectivity index (χ3v) is 10.5. The van der Waals surface area contributed by atoms with Gasteiger partial charge >= 0.3 is 7.25 Å². The molecule has 4 aromatic carbocycles. The maximum absolute atomic E-state index is 9.75. The maximum Gasteiger partial charge on any atom is 0.673 e. The molecule has 0 amide bonds. The van der Waals surface area contributed by atoms with Crippen LogP contribution in [0.3, 0.4) is 0 Å². The molecule has 0 saturated carbocycles. The monoisotopic (exact) mass is 512 g/mol. The van der Waals surface area contributed by atoms with Crippen LogP contribution in [0.5, 0.6) is 0 Å². The summed E-state index contributed by atoms with van der Waals surface area (Å²) in [4.78, 5) is 2.63. The molecule has 4 rings (SSSR count). The van der Waals surface area contributed by atoms with E-state index < -0.39 is 14.5 Å². The van der Waals surface area contributed by atoms with Crippen molar-refractivity contribution in [3.8, 4) is 0 Å². The van der Waals surface area contributed by atoms with Crippen LogP contribution in [0.1, 0.15) is 6.92 Å². The molecular formula is C28H26BF4PS. The fourth-order valence-corrected chi connectivity index (χ4v) is 8.87. The van der Waals surface area contributed by atoms with Crippen LogP contribution in [0.2, 0.25) is 0 Å². The zero-order valence-corrected chi connectivity index (χ0v) is 21.0. The summed E-state index contributed by atoms with van der Waals surface area (Å²) in [7, 11) is -7.80. The van der Waals surface area contributed by atoms with Gasteiger partial charge in [-0.25, -0.2) is 0 Å². The zero-order valence-electron chi connectivity index (χ0n) is 19.3. The van der Waals surface area contributed by atoms with Gasteiger partial charge in [0.1, 0.15) is 23.2 Å². The Labute approximate surface area is 209 Å². The molecule has 180 valence electrons. The Morgan fingerprint density at radius 2 is 0.943 bits per heavy atom. The lowest BCUT2D eigenvalue weighted by Gasteiger charge is -2.26. The Kier molecular flexibility index (Phi) is 9.77. The highest BCUT2D eigenvalue weighted by molar-refractivity contribution is 8.03. The van der Waals surface area contributed by atoms with E-state index in [4.69, 9.17) is 0 Å². The highest BCUT2D eigenvalue weighted by Crippen LogP contribution is 2.55. The predicted molar refractivity (Wildman–Crippen MR) is 146 cm³/mol. The van der Waals surface area contributed by atoms with Crippen LogP contribution in [0.25, 0.3) is 0 Å². The lowest BCUT2D eigenvalue weighted by atomic mass is 10.3. The van der Waals surface area contributed by atoms with E-state index in [1.54, 1.807) is 0 Å². The van der Waals surface area contributed by atoms with Gasteiger partial charge < -0.3 is 17.3 Å². The van der Waals surface area contributed by atoms with E-state index in [0.717, 1.165) is 6.16 Å². The average Bonchev–Trinajstić information content (AvgIpc) is 2.86. The molecule has 4 aromatic rings. The van der Waals surface area contributed by atoms with Gasteiger partial charge in [0.2, 0.25) is 0 Å². The molecule has 0 aliphatic carbocycles. The largest absolute Gasteiger partial charge is 0.673 e. The molecule has 0 unspecified atom stereocenters. The Bertz CT molecular complexity index is 1080. The first-order valence-electron chi connectivity index (χ1n) is 11.1. The summed E-state index contributed by atoms with van der Waals surface area (Å²) < 4.78 is 39.0. The number of thioether (sulfide) groups is 1. The van der Waals surface area contributed by atoms with Crippen molar-refractivity contribution in [1.82, 2.24) is 0 Å². The van der Waals surface area contributed by atoms with Crippen molar-refractivity contribution < 1.29 is 17.3 Å². The summed E-state index contributed by atoms with van der Waals surface area (Å²) in [6.45, 7) is 2.23. The van der Waals surface area contributed by atoms with Crippen molar-refractivity contribution in [2.75, 3.05) is 6.16 Å². The second kappa shape index (κ2) is 12.8. The molecule has 35 heavy (non-hydrogen) atoms. The fourth-order valence-electron chi connectivity index (χ4n) is 3.79. The van der Waals surface area contributed by atoms with Crippen molar-refractivity contribution in [3.05, 3.63) is 132 Å². The van der Waals surface area contributed by atoms with Gasteiger partial charge in [-0.15, -0.1) is 0 Å². The molecule has 7 heteroatoms. The second-order valence-electron chi connectivity index (χ2n) is 7.72. The highest BCUT2D eigenvalue weighted by atomic mass is 32.2. The van der Waals surface area contributed by atoms with Crippen LogP contribution in [0.4, 0.5) is 17.3 Å². The molecule has 0 atom stereocenters. The van der Waals surface area contributed by atoms with Gasteiger partial charge in [0.25, 0.3) is 0 Å². The third kappa shape index (κ3) is 8.12. The van der Waals surface area contributed by atoms with Crippen LogP contribution < -0.4 is 15.9 Å². The lowest BCUT2D eigenvalue weighted by Crippen LogP contribution is -2.32. The van der Waals surface area contributed by atoms with E-state index >= 15 is 0 Å². The number of halogens is 4. The quantitative estimate of drug-likeness (QED) is 0.105. The minimum Gasteiger partial charge on any atom is -0.418 e. The van der Waals surface area contributed by atoms with Crippen molar-refractivity contribution >= 4 is 42.2 Å². The van der Waals surface area contributed by atoms with Gasteiger partial charge in [-0.1, -0.05) is 84.6 Å². The number of rotatable bonds is 7. The first-order chi connectivity index (χ1) is 16.8. The summed E-state index contributed by atoms with van der Waals surface area (Å²) in [5, 5.41) is 4.28. The highest BCUT2D eigenvalue weighted by Gasteiger charge is 2.44. The molecule has 0 aromatic heterocycles. The van der Waals surface area contributed by atoms with Gasteiger partial charge in [0.05, 0.1) is 6.16 Å². The van der Waals surface area contributed by atoms with Gasteiger partial charge in [0, 0.05) is 4.90 Å². The van der Waals surface area contributed by atoms with Crippen LogP contribution in [-0.2, 0) is 0 Å². The standard InChI is InChI=1S/C28H26PS.BF4/c1-24(30-28-20-12-5-13-21-28)22-23-29(25-14-6-2-7-15-25,26-16-8-3-9-17-26)27-18-10-4-11-19-27;2-1(3,4)5/h2-22H,23H2,1H3;/q+1;-1/b24-22-;. The first-order valence-corrected chi connectivity index (χ1v) is 13.9. The van der Waals surface area contributed by atoms with Crippen LogP contribution >= 0.6 is 19.0 Å². The minimum atomic E-state index is -6.00. The molecule has 0 spiro atoms. The second-order valence-corrected chi connectivity index (χ2v) is 12.6. The van der Waals surface area contributed by atoms with Crippen molar-refractivity contribution in [3.63, 3.8) is 0 Å². The summed E-state index contributed by atoms with van der Waals surface area (Å²) in [6.07, 6.45) is 3.45. The molecular weight excluding hydrogens is 486 g/mol. The predicted octanol–water partition coefficient (Wildman–Crippen LogP) is 7.98. The van der Waals surface area contributed by atoms with Gasteiger partial charge in [0.15, 0.2) is 0 Å². The average molecular weight is 512 g/mol. The smallest absolute Gasteiger partial charge is 0.418 e. The molecule has 0 aliphatic rings. The lowest BCUT2D eigenvalue weighted by molar-refractivity contribution is 0.368. The normalized spacial score (nSPS) is 12.0. The topological polar surface area (TPSA) is 0 Å². The molecule has 0 N–H and O–H groups in total. The van der Waals surface area contributed by atoms with E-state index in [1.807, 2.05) is 11.8 Å². The number of benzene rings is 4. The maximum atomic E-state index is 9.75. The van der Waals surface area contributed by atoms with Crippen molar-refractivity contribution in [1.29, 1.82) is 0 Å². The van der Waals surface area contributed by atoms with Crippen LogP contribution in [0.15, 0.2) is 137 Å². The Hall–Kier alpha value is -2.82. The van der Waals surface area contributed by atoms with Gasteiger partial charge in [-0.2, -0.15) is 0 Å². The van der Waals surface area contributed by atoms with Crippen molar-refractivity contribution in [2.45, 2.75) is 11.8 Å². The van der Waals surface area contributed by atoms with Crippen molar-refractivity contribution in [2.24, 2.45) is 0 Å². The fraction of sp³-hybridized carbons (Fsp3) is 0.0714. The molecule has 0 aliphatic heterocycles. The summed E-state index contributed by atoms with van der Waals surface area (Å²) in [6, 6.07) is 43.8. The third-order valence-electron chi connectivity index (χ3n) is 5.27. The number of hydrogen-bond donors (Lipinski definition) is 0. The van der Waals surface area contributed by atoms with E-state index in [9.17, 15) is 17.3 Å². The molecule has 0 saturated heterocycles. The van der Waals surface area contributed by atoms with E-state index in [0.29, 0.717) is 0 Å². The number of hydrogen-bond acceptors (Lipinski definition) is 1. The molecule has 0 radical (unpaired) electrons. The molecule has 0 heterocycles. The minimum absolute atomic E-state index is 1.01. The Morgan fingerprint density at radius 1 is 0.629 bits per heavy atom. The van der Waals surface area contributed by atoms with Gasteiger partial charge in [-0.05, 0) is 66.4 Å². The van der Waals surface area contributed by atoms with E-state index in [2.05, 4.69) is 134 Å². The molecule has 0 bridgehead atoms. The first kappa shape index (κ1) is 26.8. The van der Waals surface area contributed by atoms with E-state index in [-0.39, 0.29) is 0 Å². The SMILES string of the molecule is C/C(=C/C[P+](c1ccccc1)(c1ccccc1)c1ccccc1)Sc1ccccc1.F[B-](F)(F)F. The summed E-state index contributed by atoms with van der Waals surface area (Å²) >= 11 is 1.85. The molecule has 0 fully saturated rings. The van der Waals surface area contributed by atoms with Crippen LogP contribution in [-0.4, -0.2) is 13.4 Å². The zero-order chi connectivity index (χ0) is 25.2. The molecule has 0 nitrogen and oxygen atoms in total. The van der Waals surface area contributed by atoms with Crippen LogP contribution in [0, 0.1) is 0 Å². The Balaban J connectivity index is 0.000000623. The Morgan fingerprint density at radius 3 is 1.29 bits per heavy atom.